The fourth-order valence-electron chi connectivity index (χ4n) is 2.81. The van der Waals surface area contributed by atoms with Crippen LogP contribution in [0.15, 0.2) is 36.7 Å². The van der Waals surface area contributed by atoms with Crippen LogP contribution in [0.5, 0.6) is 5.75 Å². The van der Waals surface area contributed by atoms with Gasteiger partial charge in [-0.05, 0) is 18.9 Å². The van der Waals surface area contributed by atoms with Crippen LogP contribution in [0.1, 0.15) is 42.9 Å². The first kappa shape index (κ1) is 13.2. The van der Waals surface area contributed by atoms with E-state index >= 15 is 0 Å². The zero-order valence-corrected chi connectivity index (χ0v) is 11.7. The largest absolute Gasteiger partial charge is 0.493 e. The number of rotatable bonds is 4. The second-order valence-electron chi connectivity index (χ2n) is 5.26. The molecule has 0 saturated heterocycles. The molecule has 2 atom stereocenters. The molecule has 0 spiro atoms. The highest BCUT2D eigenvalue weighted by atomic mass is 16.5. The average Bonchev–Trinajstić information content (AvgIpc) is 2.95. The first-order valence-electron chi connectivity index (χ1n) is 7.21. The van der Waals surface area contributed by atoms with Gasteiger partial charge < -0.3 is 9.84 Å². The SMILES string of the molecule is CCCn1cc(C(O)C2CCOc3ccccc32)cn1. The van der Waals surface area contributed by atoms with Crippen LogP contribution >= 0.6 is 0 Å². The predicted molar refractivity (Wildman–Crippen MR) is 76.8 cm³/mol. The Bertz CT molecular complexity index is 579. The van der Waals surface area contributed by atoms with Gasteiger partial charge in [0.05, 0.1) is 18.9 Å². The maximum atomic E-state index is 10.7. The molecule has 0 amide bonds. The van der Waals surface area contributed by atoms with Crippen molar-refractivity contribution in [1.82, 2.24) is 9.78 Å². The summed E-state index contributed by atoms with van der Waals surface area (Å²) in [7, 11) is 0. The summed E-state index contributed by atoms with van der Waals surface area (Å²) in [4.78, 5) is 0. The van der Waals surface area contributed by atoms with Gasteiger partial charge in [-0.15, -0.1) is 0 Å². The molecule has 4 heteroatoms. The second-order valence-corrected chi connectivity index (χ2v) is 5.26. The predicted octanol–water partition coefficient (Wildman–Crippen LogP) is 2.89. The van der Waals surface area contributed by atoms with Crippen LogP contribution in [0.4, 0.5) is 0 Å². The van der Waals surface area contributed by atoms with Crippen molar-refractivity contribution in [3.63, 3.8) is 0 Å². The van der Waals surface area contributed by atoms with E-state index in [9.17, 15) is 5.11 Å². The first-order chi connectivity index (χ1) is 9.79. The molecule has 106 valence electrons. The van der Waals surface area contributed by atoms with E-state index in [1.165, 1.54) is 0 Å². The number of hydrogen-bond donors (Lipinski definition) is 1. The Hall–Kier alpha value is -1.81. The van der Waals surface area contributed by atoms with E-state index in [0.29, 0.717) is 6.61 Å². The maximum absolute atomic E-state index is 10.7. The van der Waals surface area contributed by atoms with E-state index in [0.717, 1.165) is 36.3 Å². The molecular formula is C16H20N2O2. The number of aliphatic hydroxyl groups excluding tert-OH is 1. The van der Waals surface area contributed by atoms with Gasteiger partial charge in [0.1, 0.15) is 5.75 Å². The van der Waals surface area contributed by atoms with E-state index in [1.807, 2.05) is 35.1 Å². The van der Waals surface area contributed by atoms with Gasteiger partial charge in [0.2, 0.25) is 0 Å². The summed E-state index contributed by atoms with van der Waals surface area (Å²) in [5.74, 6) is 0.975. The van der Waals surface area contributed by atoms with Crippen LogP contribution in [-0.2, 0) is 6.54 Å². The lowest BCUT2D eigenvalue weighted by Gasteiger charge is -2.29. The smallest absolute Gasteiger partial charge is 0.122 e. The zero-order chi connectivity index (χ0) is 13.9. The minimum atomic E-state index is -0.523. The summed E-state index contributed by atoms with van der Waals surface area (Å²) >= 11 is 0. The van der Waals surface area contributed by atoms with Gasteiger partial charge in [0, 0.05) is 29.8 Å². The van der Waals surface area contributed by atoms with E-state index in [1.54, 1.807) is 6.20 Å². The molecule has 4 nitrogen and oxygen atoms in total. The summed E-state index contributed by atoms with van der Waals surface area (Å²) in [6.45, 7) is 3.66. The average molecular weight is 272 g/mol. The van der Waals surface area contributed by atoms with Crippen molar-refractivity contribution in [3.8, 4) is 5.75 Å². The van der Waals surface area contributed by atoms with E-state index in [2.05, 4.69) is 12.0 Å². The Kier molecular flexibility index (Phi) is 3.74. The molecule has 1 aromatic carbocycles. The van der Waals surface area contributed by atoms with Crippen molar-refractivity contribution in [2.45, 2.75) is 38.3 Å². The van der Waals surface area contributed by atoms with Crippen LogP contribution in [-0.4, -0.2) is 21.5 Å². The third kappa shape index (κ3) is 2.43. The molecule has 0 radical (unpaired) electrons. The monoisotopic (exact) mass is 272 g/mol. The second kappa shape index (κ2) is 5.67. The van der Waals surface area contributed by atoms with E-state index < -0.39 is 6.10 Å². The molecule has 0 bridgehead atoms. The Morgan fingerprint density at radius 3 is 3.15 bits per heavy atom. The summed E-state index contributed by atoms with van der Waals surface area (Å²) < 4.78 is 7.54. The zero-order valence-electron chi connectivity index (χ0n) is 11.7. The van der Waals surface area contributed by atoms with Crippen molar-refractivity contribution >= 4 is 0 Å². The van der Waals surface area contributed by atoms with Gasteiger partial charge in [0.15, 0.2) is 0 Å². The van der Waals surface area contributed by atoms with Gasteiger partial charge in [0.25, 0.3) is 0 Å². The summed E-state index contributed by atoms with van der Waals surface area (Å²) in [6, 6.07) is 7.97. The van der Waals surface area contributed by atoms with Crippen molar-refractivity contribution in [3.05, 3.63) is 47.8 Å². The molecule has 2 aromatic rings. The lowest BCUT2D eigenvalue weighted by Crippen LogP contribution is -2.19. The summed E-state index contributed by atoms with van der Waals surface area (Å²) in [5, 5.41) is 15.0. The number of aryl methyl sites for hydroxylation is 1. The number of fused-ring (bicyclic) bond motifs is 1. The topological polar surface area (TPSA) is 47.3 Å². The summed E-state index contributed by atoms with van der Waals surface area (Å²) in [5.41, 5.74) is 1.98. The van der Waals surface area contributed by atoms with Crippen molar-refractivity contribution < 1.29 is 9.84 Å². The molecule has 3 rings (SSSR count). The molecule has 1 aliphatic rings. The molecule has 0 fully saturated rings. The molecule has 20 heavy (non-hydrogen) atoms. The third-order valence-electron chi connectivity index (χ3n) is 3.83. The van der Waals surface area contributed by atoms with Crippen LogP contribution in [0, 0.1) is 0 Å². The van der Waals surface area contributed by atoms with Crippen LogP contribution in [0.3, 0.4) is 0 Å². The Morgan fingerprint density at radius 2 is 2.30 bits per heavy atom. The molecular weight excluding hydrogens is 252 g/mol. The lowest BCUT2D eigenvalue weighted by atomic mass is 9.86. The van der Waals surface area contributed by atoms with E-state index in [-0.39, 0.29) is 5.92 Å². The van der Waals surface area contributed by atoms with Crippen molar-refractivity contribution in [2.75, 3.05) is 6.61 Å². The van der Waals surface area contributed by atoms with Gasteiger partial charge >= 0.3 is 0 Å². The highest BCUT2D eigenvalue weighted by Gasteiger charge is 2.29. The number of ether oxygens (including phenoxy) is 1. The minimum Gasteiger partial charge on any atom is -0.493 e. The molecule has 1 N–H and O–H groups in total. The normalized spacial score (nSPS) is 19.2. The van der Waals surface area contributed by atoms with Crippen molar-refractivity contribution in [1.29, 1.82) is 0 Å². The van der Waals surface area contributed by atoms with Crippen LogP contribution < -0.4 is 4.74 Å². The summed E-state index contributed by atoms with van der Waals surface area (Å²) in [6.07, 6.45) is 5.07. The van der Waals surface area contributed by atoms with Crippen LogP contribution in [0.25, 0.3) is 0 Å². The highest BCUT2D eigenvalue weighted by molar-refractivity contribution is 5.39. The molecule has 0 saturated carbocycles. The number of aliphatic hydroxyl groups is 1. The van der Waals surface area contributed by atoms with Crippen molar-refractivity contribution in [2.24, 2.45) is 0 Å². The standard InChI is InChI=1S/C16H20N2O2/c1-2-8-18-11-12(10-17-18)16(19)14-7-9-20-15-6-4-3-5-13(14)15/h3-6,10-11,14,16,19H,2,7-9H2,1H3. The minimum absolute atomic E-state index is 0.0826. The molecule has 1 aliphatic heterocycles. The molecule has 2 heterocycles. The lowest BCUT2D eigenvalue weighted by molar-refractivity contribution is 0.117. The molecule has 1 aromatic heterocycles. The van der Waals surface area contributed by atoms with Gasteiger partial charge in [-0.25, -0.2) is 0 Å². The van der Waals surface area contributed by atoms with Gasteiger partial charge in [-0.1, -0.05) is 25.1 Å². The molecule has 2 unspecified atom stereocenters. The highest BCUT2D eigenvalue weighted by Crippen LogP contribution is 2.41. The third-order valence-corrected chi connectivity index (χ3v) is 3.83. The number of nitrogens with zero attached hydrogens (tertiary/aromatic N) is 2. The van der Waals surface area contributed by atoms with Gasteiger partial charge in [-0.2, -0.15) is 5.10 Å². The fourth-order valence-corrected chi connectivity index (χ4v) is 2.81. The van der Waals surface area contributed by atoms with E-state index in [4.69, 9.17) is 4.74 Å². The number of para-hydroxylation sites is 1. The van der Waals surface area contributed by atoms with Gasteiger partial charge in [-0.3, -0.25) is 4.68 Å². The van der Waals surface area contributed by atoms with Crippen LogP contribution in [0.2, 0.25) is 0 Å². The quantitative estimate of drug-likeness (QED) is 0.931. The Labute approximate surface area is 119 Å². The number of benzene rings is 1. The maximum Gasteiger partial charge on any atom is 0.122 e. The fraction of sp³-hybridized carbons (Fsp3) is 0.438. The Balaban J connectivity index is 1.85. The Morgan fingerprint density at radius 1 is 1.45 bits per heavy atom. The first-order valence-corrected chi connectivity index (χ1v) is 7.21. The molecule has 0 aliphatic carbocycles. The number of hydrogen-bond acceptors (Lipinski definition) is 3. The number of aromatic nitrogens is 2.